The van der Waals surface area contributed by atoms with Crippen molar-refractivity contribution in [2.45, 2.75) is 13.0 Å². The van der Waals surface area contributed by atoms with Gasteiger partial charge in [-0.2, -0.15) is 0 Å². The number of hydrogen-bond donors (Lipinski definition) is 2. The first kappa shape index (κ1) is 22.9. The molecule has 2 N–H and O–H groups in total. The molecule has 12 nitrogen and oxygen atoms in total. The molecular weight excluding hydrogens is 474 g/mol. The molecule has 0 bridgehead atoms. The van der Waals surface area contributed by atoms with Crippen molar-refractivity contribution in [3.8, 4) is 11.4 Å². The molecule has 4 aromatic rings. The van der Waals surface area contributed by atoms with E-state index in [9.17, 15) is 4.79 Å². The quantitative estimate of drug-likeness (QED) is 0.422. The van der Waals surface area contributed by atoms with E-state index in [1.807, 2.05) is 30.3 Å². The number of morpholine rings is 1. The molecule has 12 heteroatoms. The van der Waals surface area contributed by atoms with E-state index in [2.05, 4.69) is 35.6 Å². The molecule has 1 fully saturated rings. The Morgan fingerprint density at radius 2 is 1.73 bits per heavy atom. The number of ether oxygens (including phenoxy) is 1. The molecule has 1 saturated heterocycles. The number of carbonyl (C=O) groups is 1. The third-order valence-corrected chi connectivity index (χ3v) is 6.27. The van der Waals surface area contributed by atoms with Gasteiger partial charge in [0.25, 0.3) is 0 Å². The first-order valence-corrected chi connectivity index (χ1v) is 12.1. The molecule has 188 valence electrons. The summed E-state index contributed by atoms with van der Waals surface area (Å²) < 4.78 is 10.3. The summed E-state index contributed by atoms with van der Waals surface area (Å²) in [5.41, 5.74) is 3.62. The Bertz CT molecular complexity index is 1360. The van der Waals surface area contributed by atoms with Gasteiger partial charge in [0.2, 0.25) is 5.95 Å². The van der Waals surface area contributed by atoms with E-state index in [1.165, 1.54) is 11.8 Å². The van der Waals surface area contributed by atoms with Crippen LogP contribution in [0.3, 0.4) is 0 Å². The van der Waals surface area contributed by atoms with Gasteiger partial charge in [0.15, 0.2) is 11.6 Å². The van der Waals surface area contributed by atoms with Gasteiger partial charge in [-0.05, 0) is 36.8 Å². The molecule has 37 heavy (non-hydrogen) atoms. The van der Waals surface area contributed by atoms with Crippen LogP contribution in [0.4, 0.5) is 28.1 Å². The second-order valence-corrected chi connectivity index (χ2v) is 8.66. The maximum absolute atomic E-state index is 12.2. The molecule has 3 aromatic heterocycles. The Morgan fingerprint density at radius 1 is 0.919 bits per heavy atom. The zero-order chi connectivity index (χ0) is 25.0. The molecule has 2 aliphatic heterocycles. The van der Waals surface area contributed by atoms with Gasteiger partial charge in [-0.3, -0.25) is 5.32 Å². The fourth-order valence-electron chi connectivity index (χ4n) is 4.46. The fourth-order valence-corrected chi connectivity index (χ4v) is 4.46. The summed E-state index contributed by atoms with van der Waals surface area (Å²) in [7, 11) is 0. The minimum atomic E-state index is -0.412. The van der Waals surface area contributed by atoms with Gasteiger partial charge in [0, 0.05) is 54.9 Å². The second kappa shape index (κ2) is 10.2. The van der Waals surface area contributed by atoms with Crippen LogP contribution in [-0.2, 0) is 17.7 Å². The molecule has 0 saturated carbocycles. The Balaban J connectivity index is 1.27. The van der Waals surface area contributed by atoms with Gasteiger partial charge in [-0.15, -0.1) is 0 Å². The van der Waals surface area contributed by atoms with Crippen LogP contribution < -0.4 is 20.4 Å². The molecule has 2 aliphatic rings. The van der Waals surface area contributed by atoms with Crippen LogP contribution in [0.15, 0.2) is 59.6 Å². The summed E-state index contributed by atoms with van der Waals surface area (Å²) in [6.07, 6.45) is 5.71. The molecule has 0 atom stereocenters. The molecule has 6 rings (SSSR count). The van der Waals surface area contributed by atoms with Gasteiger partial charge in [-0.1, -0.05) is 5.16 Å². The van der Waals surface area contributed by atoms with Gasteiger partial charge < -0.3 is 24.4 Å². The zero-order valence-electron chi connectivity index (χ0n) is 20.0. The highest BCUT2D eigenvalue weighted by Crippen LogP contribution is 2.31. The molecule has 1 aromatic carbocycles. The van der Waals surface area contributed by atoms with E-state index >= 15 is 0 Å². The maximum Gasteiger partial charge on any atom is 0.324 e. The number of rotatable bonds is 5. The summed E-state index contributed by atoms with van der Waals surface area (Å²) in [6, 6.07) is 10.4. The van der Waals surface area contributed by atoms with Crippen molar-refractivity contribution in [1.29, 1.82) is 0 Å². The van der Waals surface area contributed by atoms with E-state index in [-0.39, 0.29) is 0 Å². The molecule has 0 radical (unpaired) electrons. The van der Waals surface area contributed by atoms with Crippen LogP contribution >= 0.6 is 0 Å². The van der Waals surface area contributed by atoms with Crippen LogP contribution in [0, 0.1) is 0 Å². The molecule has 5 heterocycles. The lowest BCUT2D eigenvalue weighted by molar-refractivity contribution is 0.122. The number of nitrogens with zero attached hydrogens (tertiary/aromatic N) is 7. The number of nitrogens with one attached hydrogen (secondary N) is 2. The van der Waals surface area contributed by atoms with Crippen LogP contribution in [-0.4, -0.2) is 64.0 Å². The lowest BCUT2D eigenvalue weighted by Gasteiger charge is -2.34. The highest BCUT2D eigenvalue weighted by Gasteiger charge is 2.27. The van der Waals surface area contributed by atoms with Crippen LogP contribution in [0.25, 0.3) is 11.4 Å². The smallest absolute Gasteiger partial charge is 0.324 e. The van der Waals surface area contributed by atoms with Crippen molar-refractivity contribution in [3.63, 3.8) is 0 Å². The summed E-state index contributed by atoms with van der Waals surface area (Å²) in [6.45, 7) is 4.33. The summed E-state index contributed by atoms with van der Waals surface area (Å²) in [4.78, 5) is 35.5. The second-order valence-electron chi connectivity index (χ2n) is 8.66. The molecule has 2 amide bonds. The number of carbonyl (C=O) groups excluding carboxylic acids is 1. The topological polar surface area (TPSA) is 134 Å². The number of anilines is 4. The van der Waals surface area contributed by atoms with Crippen molar-refractivity contribution < 1.29 is 14.1 Å². The number of urea groups is 1. The van der Waals surface area contributed by atoms with Crippen molar-refractivity contribution in [3.05, 3.63) is 66.3 Å². The average molecular weight is 500 g/mol. The van der Waals surface area contributed by atoms with Gasteiger partial charge in [0.05, 0.1) is 25.5 Å². The first-order valence-electron chi connectivity index (χ1n) is 12.1. The largest absolute Gasteiger partial charge is 0.378 e. The predicted octanol–water partition coefficient (Wildman–Crippen LogP) is 2.96. The van der Waals surface area contributed by atoms with Crippen LogP contribution in [0.5, 0.6) is 0 Å². The standard InChI is InChI=1S/C25H25N9O3/c35-25(30-21-7-13-37-32-21)28-18-4-2-17(3-5-18)22-29-20-16-34(24-26-8-1-9-27-24)10-6-19(20)23(31-22)33-11-14-36-15-12-33/h1-5,7-9,13H,6,10-12,14-16H2,(H2,28,30,32,35). The van der Waals surface area contributed by atoms with E-state index in [0.717, 1.165) is 43.1 Å². The predicted molar refractivity (Wildman–Crippen MR) is 136 cm³/mol. The van der Waals surface area contributed by atoms with Gasteiger partial charge in [-0.25, -0.2) is 24.7 Å². The summed E-state index contributed by atoms with van der Waals surface area (Å²) in [5, 5.41) is 9.05. The normalized spacial score (nSPS) is 15.2. The van der Waals surface area contributed by atoms with E-state index in [0.29, 0.717) is 43.0 Å². The lowest BCUT2D eigenvalue weighted by atomic mass is 10.0. The molecule has 0 unspecified atom stereocenters. The SMILES string of the molecule is O=C(Nc1ccc(-c2nc3c(c(N4CCOCC4)n2)CCN(c2ncccn2)C3)cc1)Nc1ccon1. The molecule has 0 spiro atoms. The highest BCUT2D eigenvalue weighted by atomic mass is 16.5. The van der Waals surface area contributed by atoms with Crippen molar-refractivity contribution >= 4 is 29.3 Å². The van der Waals surface area contributed by atoms with Crippen LogP contribution in [0.1, 0.15) is 11.3 Å². The Hall–Kier alpha value is -4.58. The summed E-state index contributed by atoms with van der Waals surface area (Å²) >= 11 is 0. The van der Waals surface area contributed by atoms with E-state index in [4.69, 9.17) is 19.2 Å². The maximum atomic E-state index is 12.2. The number of aromatic nitrogens is 5. The Morgan fingerprint density at radius 3 is 2.49 bits per heavy atom. The van der Waals surface area contributed by atoms with Gasteiger partial charge >= 0.3 is 6.03 Å². The Kier molecular flexibility index (Phi) is 6.29. The number of amides is 2. The van der Waals surface area contributed by atoms with E-state index < -0.39 is 6.03 Å². The first-order chi connectivity index (χ1) is 18.2. The minimum absolute atomic E-state index is 0.335. The third kappa shape index (κ3) is 5.05. The fraction of sp³-hybridized carbons (Fsp3) is 0.280. The minimum Gasteiger partial charge on any atom is -0.378 e. The van der Waals surface area contributed by atoms with Crippen molar-refractivity contribution in [2.24, 2.45) is 0 Å². The molecule has 0 aliphatic carbocycles. The molecular formula is C25H25N9O3. The zero-order valence-corrected chi connectivity index (χ0v) is 20.0. The monoisotopic (exact) mass is 499 g/mol. The van der Waals surface area contributed by atoms with Crippen molar-refractivity contribution in [1.82, 2.24) is 25.1 Å². The van der Waals surface area contributed by atoms with E-state index in [1.54, 1.807) is 18.5 Å². The number of benzene rings is 1. The highest BCUT2D eigenvalue weighted by molar-refractivity contribution is 5.99. The van der Waals surface area contributed by atoms with Crippen molar-refractivity contribution in [2.75, 3.05) is 53.3 Å². The third-order valence-electron chi connectivity index (χ3n) is 6.27. The Labute approximate surface area is 212 Å². The average Bonchev–Trinajstić information content (AvgIpc) is 3.46. The van der Waals surface area contributed by atoms with Gasteiger partial charge in [0.1, 0.15) is 12.1 Å². The lowest BCUT2D eigenvalue weighted by Crippen LogP contribution is -2.39. The van der Waals surface area contributed by atoms with Crippen LogP contribution in [0.2, 0.25) is 0 Å². The summed E-state index contributed by atoms with van der Waals surface area (Å²) in [5.74, 6) is 2.63. The number of hydrogen-bond acceptors (Lipinski definition) is 10. The number of fused-ring (bicyclic) bond motifs is 1.